The van der Waals surface area contributed by atoms with E-state index in [9.17, 15) is 19.5 Å². The maximum absolute atomic E-state index is 13.4. The van der Waals surface area contributed by atoms with E-state index in [-0.39, 0.29) is 5.56 Å². The third kappa shape index (κ3) is 14.6. The van der Waals surface area contributed by atoms with E-state index < -0.39 is 22.9 Å². The second kappa shape index (κ2) is 22.7. The molecular formula is C40H57N3O7S. The van der Waals surface area contributed by atoms with Crippen LogP contribution >= 0.6 is 11.8 Å². The van der Waals surface area contributed by atoms with E-state index in [1.165, 1.54) is 17.4 Å². The number of hydrogen-bond acceptors (Lipinski definition) is 8. The van der Waals surface area contributed by atoms with E-state index in [2.05, 4.69) is 19.2 Å². The molecule has 0 aliphatic rings. The molecule has 0 bridgehead atoms. The van der Waals surface area contributed by atoms with Crippen LogP contribution < -0.4 is 15.6 Å². The molecule has 51 heavy (non-hydrogen) atoms. The van der Waals surface area contributed by atoms with Gasteiger partial charge in [-0.05, 0) is 87.6 Å². The van der Waals surface area contributed by atoms with E-state index in [0.717, 1.165) is 41.8 Å². The topological polar surface area (TPSA) is 129 Å². The SMILES string of the molecule is CC.CCCC.CCn1c(SC(C(=O)O)c2ccc(OCCCCCOCCNC(=O)OC(C)(C)C)cc2)nc2cc3ccccc3cc2c1=O. The minimum absolute atomic E-state index is 0.189. The van der Waals surface area contributed by atoms with Crippen molar-refractivity contribution in [3.8, 4) is 5.75 Å². The Balaban J connectivity index is 0.00000140. The van der Waals surface area contributed by atoms with Crippen molar-refractivity contribution in [2.75, 3.05) is 26.4 Å². The summed E-state index contributed by atoms with van der Waals surface area (Å²) in [6.07, 6.45) is 4.82. The predicted octanol–water partition coefficient (Wildman–Crippen LogP) is 9.41. The normalized spacial score (nSPS) is 11.5. The van der Waals surface area contributed by atoms with Crippen LogP contribution in [0.3, 0.4) is 0 Å². The Morgan fingerprint density at radius 1 is 0.902 bits per heavy atom. The number of aliphatic carboxylic acids is 1. The molecule has 0 saturated carbocycles. The van der Waals surface area contributed by atoms with Crippen molar-refractivity contribution in [3.05, 3.63) is 76.6 Å². The van der Waals surface area contributed by atoms with Gasteiger partial charge in [0.1, 0.15) is 16.6 Å². The van der Waals surface area contributed by atoms with Crippen LogP contribution in [0.15, 0.2) is 70.6 Å². The van der Waals surface area contributed by atoms with Crippen molar-refractivity contribution in [2.45, 2.75) is 110 Å². The third-order valence-corrected chi connectivity index (χ3v) is 8.58. The lowest BCUT2D eigenvalue weighted by Gasteiger charge is -2.19. The standard InChI is InChI=1S/C34H41N3O7S.C4H10.C2H6/c1-5-37-30(38)27-21-24-11-7-8-12-25(24)22-28(27)36-32(37)45-29(31(39)40)23-13-15-26(16-14-23)43-19-10-6-9-18-42-20-17-35-33(41)44-34(2,3)4;1-3-4-2;1-2/h7-8,11-16,21-22,29H,5-6,9-10,17-20H2,1-4H3,(H,35,41)(H,39,40);3-4H2,1-2H3;1-2H3. The summed E-state index contributed by atoms with van der Waals surface area (Å²) < 4.78 is 18.1. The fourth-order valence-corrected chi connectivity index (χ4v) is 5.77. The zero-order valence-corrected chi connectivity index (χ0v) is 32.4. The van der Waals surface area contributed by atoms with E-state index >= 15 is 0 Å². The number of nitrogens with one attached hydrogen (secondary N) is 1. The van der Waals surface area contributed by atoms with Gasteiger partial charge in [0.05, 0.1) is 24.1 Å². The highest BCUT2D eigenvalue weighted by Gasteiger charge is 2.25. The summed E-state index contributed by atoms with van der Waals surface area (Å²) >= 11 is 1.05. The molecule has 280 valence electrons. The first-order chi connectivity index (χ1) is 24.5. The van der Waals surface area contributed by atoms with Gasteiger partial charge in [-0.3, -0.25) is 14.2 Å². The number of carboxylic acid groups (broad SMARTS) is 1. The van der Waals surface area contributed by atoms with Crippen LogP contribution in [0.25, 0.3) is 21.7 Å². The second-order valence-corrected chi connectivity index (χ2v) is 13.6. The van der Waals surface area contributed by atoms with Crippen LogP contribution in [-0.2, 0) is 20.8 Å². The average Bonchev–Trinajstić information content (AvgIpc) is 3.11. The maximum atomic E-state index is 13.4. The van der Waals surface area contributed by atoms with Crippen LogP contribution in [0, 0.1) is 0 Å². The molecule has 2 N–H and O–H groups in total. The number of carbonyl (C=O) groups is 2. The molecule has 0 aliphatic heterocycles. The van der Waals surface area contributed by atoms with Crippen LogP contribution in [0.4, 0.5) is 4.79 Å². The molecule has 4 aromatic rings. The van der Waals surface area contributed by atoms with Gasteiger partial charge in [-0.15, -0.1) is 0 Å². The molecule has 1 unspecified atom stereocenters. The molecule has 1 atom stereocenters. The van der Waals surface area contributed by atoms with Crippen LogP contribution in [-0.4, -0.2) is 58.7 Å². The number of hydrogen-bond donors (Lipinski definition) is 2. The monoisotopic (exact) mass is 723 g/mol. The largest absolute Gasteiger partial charge is 0.494 e. The number of ether oxygens (including phenoxy) is 3. The Kier molecular flexibility index (Phi) is 19.1. The number of nitrogens with zero attached hydrogens (tertiary/aromatic N) is 2. The summed E-state index contributed by atoms with van der Waals surface area (Å²) in [4.78, 5) is 42.0. The van der Waals surface area contributed by atoms with E-state index in [4.69, 9.17) is 19.2 Å². The minimum Gasteiger partial charge on any atom is -0.494 e. The van der Waals surface area contributed by atoms with Gasteiger partial charge in [0.25, 0.3) is 5.56 Å². The minimum atomic E-state index is -1.02. The van der Waals surface area contributed by atoms with Crippen molar-refractivity contribution in [2.24, 2.45) is 0 Å². The lowest BCUT2D eigenvalue weighted by molar-refractivity contribution is -0.136. The first-order valence-corrected chi connectivity index (χ1v) is 19.0. The number of carbonyl (C=O) groups excluding carboxylic acids is 1. The van der Waals surface area contributed by atoms with Crippen LogP contribution in [0.1, 0.15) is 98.3 Å². The molecule has 1 aromatic heterocycles. The zero-order valence-electron chi connectivity index (χ0n) is 31.6. The third-order valence-electron chi connectivity index (χ3n) is 7.35. The summed E-state index contributed by atoms with van der Waals surface area (Å²) in [7, 11) is 0. The average molecular weight is 724 g/mol. The van der Waals surface area contributed by atoms with E-state index in [1.54, 1.807) is 24.3 Å². The fourth-order valence-electron chi connectivity index (χ4n) is 4.68. The van der Waals surface area contributed by atoms with E-state index in [0.29, 0.717) is 60.3 Å². The molecule has 3 aromatic carbocycles. The Labute approximate surface area is 307 Å². The number of amides is 1. The van der Waals surface area contributed by atoms with Gasteiger partial charge in [0.15, 0.2) is 5.16 Å². The molecule has 11 heteroatoms. The predicted molar refractivity (Wildman–Crippen MR) is 208 cm³/mol. The van der Waals surface area contributed by atoms with Crippen molar-refractivity contribution >= 4 is 45.5 Å². The summed E-state index contributed by atoms with van der Waals surface area (Å²) in [5.74, 6) is -0.370. The maximum Gasteiger partial charge on any atom is 0.407 e. The number of alkyl carbamates (subject to hydrolysis) is 1. The van der Waals surface area contributed by atoms with Crippen LogP contribution in [0.5, 0.6) is 5.75 Å². The Morgan fingerprint density at radius 2 is 1.53 bits per heavy atom. The molecule has 10 nitrogen and oxygen atoms in total. The highest BCUT2D eigenvalue weighted by molar-refractivity contribution is 8.00. The fraction of sp³-hybridized carbons (Fsp3) is 0.500. The van der Waals surface area contributed by atoms with E-state index in [1.807, 2.05) is 77.9 Å². The van der Waals surface area contributed by atoms with Gasteiger partial charge in [-0.25, -0.2) is 9.78 Å². The van der Waals surface area contributed by atoms with Crippen molar-refractivity contribution < 1.29 is 28.9 Å². The van der Waals surface area contributed by atoms with Gasteiger partial charge < -0.3 is 24.6 Å². The number of benzene rings is 3. The van der Waals surface area contributed by atoms with Crippen molar-refractivity contribution in [1.82, 2.24) is 14.9 Å². The first kappa shape index (κ1) is 43.1. The summed E-state index contributed by atoms with van der Waals surface area (Å²) in [5, 5.41) is 14.6. The summed E-state index contributed by atoms with van der Waals surface area (Å²) in [6, 6.07) is 18.5. The Hall–Kier alpha value is -4.09. The van der Waals surface area contributed by atoms with Gasteiger partial charge in [-0.2, -0.15) is 0 Å². The molecule has 1 amide bonds. The van der Waals surface area contributed by atoms with Gasteiger partial charge in [-0.1, -0.05) is 88.7 Å². The van der Waals surface area contributed by atoms with Crippen molar-refractivity contribution in [1.29, 1.82) is 0 Å². The van der Waals surface area contributed by atoms with Gasteiger partial charge >= 0.3 is 12.1 Å². The number of unbranched alkanes of at least 4 members (excludes halogenated alkanes) is 3. The molecule has 0 fully saturated rings. The molecule has 0 radical (unpaired) electrons. The first-order valence-electron chi connectivity index (χ1n) is 18.1. The number of carboxylic acids is 1. The summed E-state index contributed by atoms with van der Waals surface area (Å²) in [6.45, 7) is 17.9. The van der Waals surface area contributed by atoms with Crippen molar-refractivity contribution in [3.63, 3.8) is 0 Å². The van der Waals surface area contributed by atoms with Crippen LogP contribution in [0.2, 0.25) is 0 Å². The molecule has 4 rings (SSSR count). The van der Waals surface area contributed by atoms with Gasteiger partial charge in [0.2, 0.25) is 0 Å². The Bertz CT molecular complexity index is 1700. The Morgan fingerprint density at radius 3 is 2.12 bits per heavy atom. The second-order valence-electron chi connectivity index (χ2n) is 12.5. The molecule has 1 heterocycles. The lowest BCUT2D eigenvalue weighted by atomic mass is 10.1. The zero-order chi connectivity index (χ0) is 37.8. The molecule has 0 aliphatic carbocycles. The lowest BCUT2D eigenvalue weighted by Crippen LogP contribution is -2.34. The molecule has 0 spiro atoms. The quantitative estimate of drug-likeness (QED) is 0.0503. The molecule has 0 saturated heterocycles. The highest BCUT2D eigenvalue weighted by Crippen LogP contribution is 2.36. The molecular weight excluding hydrogens is 667 g/mol. The number of fused-ring (bicyclic) bond motifs is 2. The smallest absolute Gasteiger partial charge is 0.407 e. The highest BCUT2D eigenvalue weighted by atomic mass is 32.2. The van der Waals surface area contributed by atoms with Gasteiger partial charge in [0, 0.05) is 19.7 Å². The summed E-state index contributed by atoms with van der Waals surface area (Å²) in [5.41, 5.74) is 0.406. The number of aromatic nitrogens is 2. The number of thioether (sulfide) groups is 1. The number of rotatable bonds is 16.